The highest BCUT2D eigenvalue weighted by molar-refractivity contribution is 7.89. The molecule has 1 fully saturated rings. The summed E-state index contributed by atoms with van der Waals surface area (Å²) in [5.41, 5.74) is 5.78. The Labute approximate surface area is 119 Å². The van der Waals surface area contributed by atoms with E-state index < -0.39 is 21.4 Å². The summed E-state index contributed by atoms with van der Waals surface area (Å²) < 4.78 is 39.9. The van der Waals surface area contributed by atoms with Gasteiger partial charge < -0.3 is 5.73 Å². The van der Waals surface area contributed by atoms with Gasteiger partial charge in [0.15, 0.2) is 0 Å². The number of halogens is 1. The van der Waals surface area contributed by atoms with Crippen LogP contribution in [0.15, 0.2) is 29.2 Å². The Morgan fingerprint density at radius 2 is 1.85 bits per heavy atom. The van der Waals surface area contributed by atoms with E-state index in [1.807, 2.05) is 0 Å². The average Bonchev–Trinajstić information content (AvgIpc) is 2.62. The van der Waals surface area contributed by atoms with Gasteiger partial charge in [0.1, 0.15) is 5.82 Å². The Hall–Kier alpha value is -0.980. The molecule has 2 rings (SSSR count). The van der Waals surface area contributed by atoms with Crippen LogP contribution in [0.2, 0.25) is 0 Å². The quantitative estimate of drug-likeness (QED) is 0.837. The minimum Gasteiger partial charge on any atom is -0.324 e. The molecule has 4 nitrogen and oxygen atoms in total. The van der Waals surface area contributed by atoms with Crippen LogP contribution in [0, 0.1) is 5.82 Å². The monoisotopic (exact) mass is 300 g/mol. The van der Waals surface area contributed by atoms with Gasteiger partial charge in [-0.15, -0.1) is 0 Å². The molecular formula is C14H21FN2O2S. The zero-order valence-electron chi connectivity index (χ0n) is 11.4. The van der Waals surface area contributed by atoms with Gasteiger partial charge in [-0.1, -0.05) is 31.7 Å². The molecule has 0 atom stereocenters. The van der Waals surface area contributed by atoms with Crippen molar-refractivity contribution in [2.45, 2.75) is 49.0 Å². The van der Waals surface area contributed by atoms with E-state index in [2.05, 4.69) is 4.72 Å². The van der Waals surface area contributed by atoms with Gasteiger partial charge in [0, 0.05) is 12.1 Å². The Bertz CT molecular complexity index is 552. The molecule has 0 aromatic heterocycles. The first-order chi connectivity index (χ1) is 9.41. The Balaban J connectivity index is 2.05. The molecule has 0 bridgehead atoms. The molecule has 1 aromatic rings. The second-order valence-electron chi connectivity index (χ2n) is 5.56. The van der Waals surface area contributed by atoms with E-state index >= 15 is 0 Å². The lowest BCUT2D eigenvalue weighted by molar-refractivity contribution is 0.369. The van der Waals surface area contributed by atoms with Crippen LogP contribution in [0.25, 0.3) is 0 Å². The van der Waals surface area contributed by atoms with Gasteiger partial charge in [-0.25, -0.2) is 17.5 Å². The van der Waals surface area contributed by atoms with Crippen molar-refractivity contribution in [1.29, 1.82) is 0 Å². The fourth-order valence-electron chi connectivity index (χ4n) is 2.57. The predicted octanol–water partition coefficient (Wildman–Crippen LogP) is 2.16. The van der Waals surface area contributed by atoms with E-state index in [4.69, 9.17) is 5.73 Å². The van der Waals surface area contributed by atoms with E-state index in [9.17, 15) is 12.8 Å². The number of sulfonamides is 1. The molecule has 0 unspecified atom stereocenters. The number of nitrogens with two attached hydrogens (primary N) is 1. The minimum absolute atomic E-state index is 0.0604. The molecule has 1 aliphatic carbocycles. The third kappa shape index (κ3) is 4.01. The van der Waals surface area contributed by atoms with Gasteiger partial charge in [0.2, 0.25) is 10.0 Å². The number of hydrogen-bond donors (Lipinski definition) is 2. The van der Waals surface area contributed by atoms with Crippen molar-refractivity contribution < 1.29 is 12.8 Å². The first-order valence-electron chi connectivity index (χ1n) is 6.95. The number of rotatable bonds is 4. The van der Waals surface area contributed by atoms with Crippen molar-refractivity contribution in [3.05, 3.63) is 30.1 Å². The van der Waals surface area contributed by atoms with E-state index in [0.29, 0.717) is 0 Å². The highest BCUT2D eigenvalue weighted by Crippen LogP contribution is 2.24. The molecule has 0 saturated heterocycles. The molecule has 1 aliphatic rings. The SMILES string of the molecule is NC1(CNS(=O)(=O)c2cccc(F)c2)CCCCCC1. The summed E-state index contributed by atoms with van der Waals surface area (Å²) in [5, 5.41) is 0. The minimum atomic E-state index is -3.70. The molecule has 0 radical (unpaired) electrons. The van der Waals surface area contributed by atoms with Gasteiger partial charge >= 0.3 is 0 Å². The zero-order valence-corrected chi connectivity index (χ0v) is 12.3. The van der Waals surface area contributed by atoms with Crippen molar-refractivity contribution in [3.63, 3.8) is 0 Å². The third-order valence-electron chi connectivity index (χ3n) is 3.82. The molecule has 3 N–H and O–H groups in total. The second-order valence-corrected chi connectivity index (χ2v) is 7.33. The van der Waals surface area contributed by atoms with Crippen LogP contribution in [0.5, 0.6) is 0 Å². The van der Waals surface area contributed by atoms with Crippen LogP contribution in [0.4, 0.5) is 4.39 Å². The van der Waals surface area contributed by atoms with Gasteiger partial charge in [0.05, 0.1) is 4.90 Å². The zero-order chi connectivity index (χ0) is 14.6. The van der Waals surface area contributed by atoms with Crippen molar-refractivity contribution in [2.24, 2.45) is 5.73 Å². The molecule has 1 aromatic carbocycles. The summed E-state index contributed by atoms with van der Waals surface area (Å²) in [4.78, 5) is -0.0604. The molecule has 0 amide bonds. The maximum Gasteiger partial charge on any atom is 0.240 e. The standard InChI is InChI=1S/C14H21FN2O2S/c15-12-6-5-7-13(10-12)20(18,19)17-11-14(16)8-3-1-2-4-9-14/h5-7,10,17H,1-4,8-9,11,16H2. The van der Waals surface area contributed by atoms with E-state index in [0.717, 1.165) is 44.6 Å². The van der Waals surface area contributed by atoms with Gasteiger partial charge in [-0.05, 0) is 31.0 Å². The maximum atomic E-state index is 13.1. The first kappa shape index (κ1) is 15.4. The molecule has 1 saturated carbocycles. The van der Waals surface area contributed by atoms with Gasteiger partial charge in [-0.2, -0.15) is 0 Å². The summed E-state index contributed by atoms with van der Waals surface area (Å²) in [5.74, 6) is -0.565. The summed E-state index contributed by atoms with van der Waals surface area (Å²) >= 11 is 0. The van der Waals surface area contributed by atoms with Crippen LogP contribution in [-0.2, 0) is 10.0 Å². The molecule has 20 heavy (non-hydrogen) atoms. The van der Waals surface area contributed by atoms with Gasteiger partial charge in [-0.3, -0.25) is 0 Å². The van der Waals surface area contributed by atoms with Crippen LogP contribution in [0.3, 0.4) is 0 Å². The highest BCUT2D eigenvalue weighted by atomic mass is 32.2. The molecule has 112 valence electrons. The Morgan fingerprint density at radius 1 is 1.20 bits per heavy atom. The molecule has 0 aliphatic heterocycles. The molecule has 6 heteroatoms. The van der Waals surface area contributed by atoms with Crippen molar-refractivity contribution in [3.8, 4) is 0 Å². The topological polar surface area (TPSA) is 72.2 Å². The molecular weight excluding hydrogens is 279 g/mol. The largest absolute Gasteiger partial charge is 0.324 e. The Kier molecular flexibility index (Phi) is 4.78. The molecule has 0 heterocycles. The fraction of sp³-hybridized carbons (Fsp3) is 0.571. The van der Waals surface area contributed by atoms with Crippen LogP contribution < -0.4 is 10.5 Å². The summed E-state index contributed by atoms with van der Waals surface area (Å²) in [7, 11) is -3.70. The third-order valence-corrected chi connectivity index (χ3v) is 5.22. The lowest BCUT2D eigenvalue weighted by atomic mass is 9.92. The van der Waals surface area contributed by atoms with E-state index in [-0.39, 0.29) is 11.4 Å². The second kappa shape index (κ2) is 6.20. The highest BCUT2D eigenvalue weighted by Gasteiger charge is 2.28. The van der Waals surface area contributed by atoms with E-state index in [1.165, 1.54) is 18.2 Å². The lowest BCUT2D eigenvalue weighted by Crippen LogP contribution is -2.49. The smallest absolute Gasteiger partial charge is 0.240 e. The predicted molar refractivity (Wildman–Crippen MR) is 76.2 cm³/mol. The van der Waals surface area contributed by atoms with Gasteiger partial charge in [0.25, 0.3) is 0 Å². The first-order valence-corrected chi connectivity index (χ1v) is 8.44. The lowest BCUT2D eigenvalue weighted by Gasteiger charge is -2.28. The average molecular weight is 300 g/mol. The molecule has 0 spiro atoms. The summed E-state index contributed by atoms with van der Waals surface area (Å²) in [6, 6.07) is 4.99. The fourth-order valence-corrected chi connectivity index (χ4v) is 3.74. The van der Waals surface area contributed by atoms with Crippen molar-refractivity contribution >= 4 is 10.0 Å². The van der Waals surface area contributed by atoms with E-state index in [1.54, 1.807) is 0 Å². The Morgan fingerprint density at radius 3 is 2.45 bits per heavy atom. The van der Waals surface area contributed by atoms with Crippen LogP contribution >= 0.6 is 0 Å². The maximum absolute atomic E-state index is 13.1. The number of benzene rings is 1. The van der Waals surface area contributed by atoms with Crippen LogP contribution in [0.1, 0.15) is 38.5 Å². The van der Waals surface area contributed by atoms with Crippen molar-refractivity contribution in [1.82, 2.24) is 4.72 Å². The summed E-state index contributed by atoms with van der Waals surface area (Å²) in [6.07, 6.45) is 5.99. The summed E-state index contributed by atoms with van der Waals surface area (Å²) in [6.45, 7) is 0.200. The van der Waals surface area contributed by atoms with Crippen molar-refractivity contribution in [2.75, 3.05) is 6.54 Å². The number of nitrogens with one attached hydrogen (secondary N) is 1. The normalized spacial score (nSPS) is 19.5. The number of hydrogen-bond acceptors (Lipinski definition) is 3. The van der Waals surface area contributed by atoms with Crippen LogP contribution in [-0.4, -0.2) is 20.5 Å².